The van der Waals surface area contributed by atoms with Gasteiger partial charge in [0.2, 0.25) is 0 Å². The average molecular weight is 203 g/mol. The van der Waals surface area contributed by atoms with Crippen LogP contribution in [0.15, 0.2) is 35.3 Å². The molecule has 2 rings (SSSR count). The van der Waals surface area contributed by atoms with E-state index < -0.39 is 0 Å². The number of benzene rings is 1. The molecule has 0 aliphatic carbocycles. The Balaban J connectivity index is 2.55. The Kier molecular flexibility index (Phi) is 2.13. The smallest absolute Gasteiger partial charge is 0.274 e. The van der Waals surface area contributed by atoms with E-state index in [1.54, 1.807) is 18.2 Å². The second-order valence-electron chi connectivity index (χ2n) is 3.07. The number of nitrogens with one attached hydrogen (secondary N) is 1. The van der Waals surface area contributed by atoms with Crippen molar-refractivity contribution in [1.82, 2.24) is 9.97 Å². The van der Waals surface area contributed by atoms with Crippen LogP contribution in [0.1, 0.15) is 0 Å². The number of phenols is 1. The van der Waals surface area contributed by atoms with E-state index >= 15 is 0 Å². The van der Waals surface area contributed by atoms with Gasteiger partial charge in [-0.1, -0.05) is 12.1 Å². The van der Waals surface area contributed by atoms with Gasteiger partial charge in [-0.05, 0) is 12.1 Å². The van der Waals surface area contributed by atoms with Crippen LogP contribution in [-0.4, -0.2) is 15.1 Å². The summed E-state index contributed by atoms with van der Waals surface area (Å²) >= 11 is 0. The fourth-order valence-electron chi connectivity index (χ4n) is 1.20. The van der Waals surface area contributed by atoms with Crippen molar-refractivity contribution in [2.75, 3.05) is 5.73 Å². The number of nitrogens with zero attached hydrogens (tertiary/aromatic N) is 1. The van der Waals surface area contributed by atoms with Crippen molar-refractivity contribution in [2.24, 2.45) is 0 Å². The van der Waals surface area contributed by atoms with Crippen LogP contribution in [0.3, 0.4) is 0 Å². The summed E-state index contributed by atoms with van der Waals surface area (Å²) in [6.45, 7) is 0. The zero-order valence-corrected chi connectivity index (χ0v) is 7.77. The highest BCUT2D eigenvalue weighted by Gasteiger charge is 2.02. The van der Waals surface area contributed by atoms with Crippen LogP contribution in [0, 0.1) is 0 Å². The number of hydrogen-bond donors (Lipinski definition) is 3. The van der Waals surface area contributed by atoms with Crippen molar-refractivity contribution in [3.63, 3.8) is 0 Å². The van der Waals surface area contributed by atoms with Gasteiger partial charge in [0.05, 0.1) is 6.20 Å². The Bertz CT molecular complexity index is 548. The third-order valence-electron chi connectivity index (χ3n) is 1.95. The molecule has 0 unspecified atom stereocenters. The molecule has 0 radical (unpaired) electrons. The quantitative estimate of drug-likeness (QED) is 0.636. The summed E-state index contributed by atoms with van der Waals surface area (Å²) in [6.07, 6.45) is 1.29. The van der Waals surface area contributed by atoms with Crippen LogP contribution >= 0.6 is 0 Å². The molecular weight excluding hydrogens is 194 g/mol. The fourth-order valence-corrected chi connectivity index (χ4v) is 1.20. The molecule has 1 heterocycles. The molecule has 0 atom stereocenters. The molecule has 0 amide bonds. The molecule has 0 aliphatic rings. The Morgan fingerprint density at radius 3 is 2.87 bits per heavy atom. The highest BCUT2D eigenvalue weighted by molar-refractivity contribution is 5.57. The van der Waals surface area contributed by atoms with E-state index in [1.807, 2.05) is 0 Å². The van der Waals surface area contributed by atoms with E-state index in [1.165, 1.54) is 12.3 Å². The van der Waals surface area contributed by atoms with Gasteiger partial charge >= 0.3 is 0 Å². The lowest BCUT2D eigenvalue weighted by atomic mass is 10.2. The number of aromatic nitrogens is 2. The molecule has 15 heavy (non-hydrogen) atoms. The van der Waals surface area contributed by atoms with Crippen molar-refractivity contribution in [1.29, 1.82) is 0 Å². The Morgan fingerprint density at radius 1 is 1.40 bits per heavy atom. The number of hydrogen-bond acceptors (Lipinski definition) is 4. The van der Waals surface area contributed by atoms with Crippen molar-refractivity contribution in [3.8, 4) is 17.1 Å². The number of phenolic OH excluding ortho intramolecular Hbond substituents is 1. The molecule has 1 aromatic carbocycles. The predicted molar refractivity (Wildman–Crippen MR) is 56.4 cm³/mol. The number of nitrogen functional groups attached to an aromatic ring is 1. The molecule has 2 aromatic rings. The molecule has 0 fully saturated rings. The number of aromatic amines is 1. The standard InChI is InChI=1S/C10H9N3O2/c11-8-5-12-9(13-10(8)15)6-2-1-3-7(14)4-6/h1-5,14H,11H2,(H,12,13,15). The normalized spacial score (nSPS) is 10.1. The molecule has 1 aromatic heterocycles. The zero-order chi connectivity index (χ0) is 10.8. The van der Waals surface area contributed by atoms with E-state index in [2.05, 4.69) is 9.97 Å². The molecule has 0 saturated heterocycles. The lowest BCUT2D eigenvalue weighted by Gasteiger charge is -2.01. The first-order valence-electron chi connectivity index (χ1n) is 4.31. The maximum Gasteiger partial charge on any atom is 0.274 e. The van der Waals surface area contributed by atoms with Gasteiger partial charge in [0, 0.05) is 5.56 Å². The number of rotatable bonds is 1. The molecule has 0 saturated carbocycles. The molecule has 0 bridgehead atoms. The summed E-state index contributed by atoms with van der Waals surface area (Å²) in [4.78, 5) is 17.7. The van der Waals surface area contributed by atoms with Crippen LogP contribution in [0.25, 0.3) is 11.4 Å². The summed E-state index contributed by atoms with van der Waals surface area (Å²) in [6, 6.07) is 6.45. The number of H-pyrrole nitrogens is 1. The molecule has 5 nitrogen and oxygen atoms in total. The van der Waals surface area contributed by atoms with Crippen molar-refractivity contribution < 1.29 is 5.11 Å². The molecule has 0 aliphatic heterocycles. The Hall–Kier alpha value is -2.30. The maximum atomic E-state index is 11.2. The van der Waals surface area contributed by atoms with E-state index in [4.69, 9.17) is 5.73 Å². The van der Waals surface area contributed by atoms with Crippen LogP contribution in [0.2, 0.25) is 0 Å². The highest BCUT2D eigenvalue weighted by atomic mass is 16.3. The molecular formula is C10H9N3O2. The van der Waals surface area contributed by atoms with Crippen LogP contribution in [0.5, 0.6) is 5.75 Å². The highest BCUT2D eigenvalue weighted by Crippen LogP contribution is 2.18. The topological polar surface area (TPSA) is 92.0 Å². The average Bonchev–Trinajstić information content (AvgIpc) is 2.22. The number of nitrogens with two attached hydrogens (primary N) is 1. The van der Waals surface area contributed by atoms with Crippen LogP contribution in [-0.2, 0) is 0 Å². The molecule has 0 spiro atoms. The maximum absolute atomic E-state index is 11.2. The van der Waals surface area contributed by atoms with Gasteiger partial charge in [-0.25, -0.2) is 4.98 Å². The van der Waals surface area contributed by atoms with Crippen molar-refractivity contribution in [2.45, 2.75) is 0 Å². The second kappa shape index (κ2) is 3.45. The van der Waals surface area contributed by atoms with Crippen molar-refractivity contribution in [3.05, 3.63) is 40.8 Å². The van der Waals surface area contributed by atoms with E-state index in [0.29, 0.717) is 11.4 Å². The lowest BCUT2D eigenvalue weighted by molar-refractivity contribution is 0.475. The Morgan fingerprint density at radius 2 is 2.20 bits per heavy atom. The van der Waals surface area contributed by atoms with E-state index in [0.717, 1.165) is 0 Å². The SMILES string of the molecule is Nc1cnc(-c2cccc(O)c2)[nH]c1=O. The minimum absolute atomic E-state index is 0.0684. The minimum atomic E-state index is -0.386. The Labute approximate surface area is 85.2 Å². The largest absolute Gasteiger partial charge is 0.508 e. The monoisotopic (exact) mass is 203 g/mol. The summed E-state index contributed by atoms with van der Waals surface area (Å²) in [5.74, 6) is 0.497. The summed E-state index contributed by atoms with van der Waals surface area (Å²) < 4.78 is 0. The third-order valence-corrected chi connectivity index (χ3v) is 1.95. The van der Waals surface area contributed by atoms with Gasteiger partial charge in [0.25, 0.3) is 5.56 Å². The first-order chi connectivity index (χ1) is 7.16. The van der Waals surface area contributed by atoms with Crippen LogP contribution < -0.4 is 11.3 Å². The van der Waals surface area contributed by atoms with E-state index in [-0.39, 0.29) is 17.0 Å². The summed E-state index contributed by atoms with van der Waals surface area (Å²) in [5, 5.41) is 9.25. The van der Waals surface area contributed by atoms with Gasteiger partial charge in [-0.3, -0.25) is 4.79 Å². The third kappa shape index (κ3) is 1.80. The van der Waals surface area contributed by atoms with Gasteiger partial charge < -0.3 is 15.8 Å². The van der Waals surface area contributed by atoms with Gasteiger partial charge in [0.1, 0.15) is 17.3 Å². The van der Waals surface area contributed by atoms with Crippen molar-refractivity contribution >= 4 is 5.69 Å². The first kappa shape index (κ1) is 9.26. The zero-order valence-electron chi connectivity index (χ0n) is 7.77. The summed E-state index contributed by atoms with van der Waals surface area (Å²) in [7, 11) is 0. The van der Waals surface area contributed by atoms with Crippen LogP contribution in [0.4, 0.5) is 5.69 Å². The predicted octanol–water partition coefficient (Wildman–Crippen LogP) is 0.725. The minimum Gasteiger partial charge on any atom is -0.508 e. The van der Waals surface area contributed by atoms with Gasteiger partial charge in [-0.15, -0.1) is 0 Å². The number of aromatic hydroxyl groups is 1. The molecule has 4 N–H and O–H groups in total. The second-order valence-corrected chi connectivity index (χ2v) is 3.07. The first-order valence-corrected chi connectivity index (χ1v) is 4.31. The van der Waals surface area contributed by atoms with Gasteiger partial charge in [-0.2, -0.15) is 0 Å². The number of anilines is 1. The molecule has 5 heteroatoms. The molecule has 76 valence electrons. The summed E-state index contributed by atoms with van der Waals surface area (Å²) in [5.41, 5.74) is 5.66. The lowest BCUT2D eigenvalue weighted by Crippen LogP contribution is -2.13. The van der Waals surface area contributed by atoms with E-state index in [9.17, 15) is 9.90 Å². The van der Waals surface area contributed by atoms with Gasteiger partial charge in [0.15, 0.2) is 0 Å². The fraction of sp³-hybridized carbons (Fsp3) is 0.